The monoisotopic (exact) mass is 326 g/mol. The van der Waals surface area contributed by atoms with Gasteiger partial charge in [-0.2, -0.15) is 13.2 Å². The fourth-order valence-electron chi connectivity index (χ4n) is 2.44. The van der Waals surface area contributed by atoms with Gasteiger partial charge >= 0.3 is 6.18 Å². The summed E-state index contributed by atoms with van der Waals surface area (Å²) in [4.78, 5) is 0. The van der Waals surface area contributed by atoms with E-state index in [-0.39, 0.29) is 0 Å². The van der Waals surface area contributed by atoms with Gasteiger partial charge in [-0.1, -0.05) is 30.3 Å². The molecule has 23 heavy (non-hydrogen) atoms. The van der Waals surface area contributed by atoms with E-state index in [1.807, 2.05) is 0 Å². The summed E-state index contributed by atoms with van der Waals surface area (Å²) < 4.78 is 62.3. The van der Waals surface area contributed by atoms with Crippen LogP contribution in [0.5, 0.6) is 0 Å². The van der Waals surface area contributed by atoms with Crippen LogP contribution < -0.4 is 0 Å². The average molecular weight is 326 g/mol. The number of hydrogen-bond acceptors (Lipinski definition) is 2. The lowest BCUT2D eigenvalue weighted by molar-refractivity contribution is -0.183. The molecule has 0 spiro atoms. The molecule has 1 aliphatic rings. The van der Waals surface area contributed by atoms with Crippen LogP contribution in [0.1, 0.15) is 23.8 Å². The maximum Gasteiger partial charge on any atom is 0.419 e. The van der Waals surface area contributed by atoms with Crippen molar-refractivity contribution < 1.29 is 27.0 Å². The maximum atomic E-state index is 13.6. The summed E-state index contributed by atoms with van der Waals surface area (Å²) >= 11 is 0. The molecule has 0 amide bonds. The first-order valence-corrected chi connectivity index (χ1v) is 7.15. The second-order valence-electron chi connectivity index (χ2n) is 5.24. The third kappa shape index (κ3) is 3.54. The third-order valence-corrected chi connectivity index (χ3v) is 3.62. The van der Waals surface area contributed by atoms with E-state index in [0.29, 0.717) is 24.3 Å². The van der Waals surface area contributed by atoms with E-state index in [4.69, 9.17) is 9.47 Å². The smallest absolute Gasteiger partial charge is 0.348 e. The van der Waals surface area contributed by atoms with Crippen LogP contribution >= 0.6 is 0 Å². The summed E-state index contributed by atoms with van der Waals surface area (Å²) in [6, 6.07) is 9.85. The molecule has 1 saturated heterocycles. The molecular weight excluding hydrogens is 312 g/mol. The first-order chi connectivity index (χ1) is 10.9. The first-order valence-electron chi connectivity index (χ1n) is 7.15. The molecule has 0 radical (unpaired) electrons. The minimum atomic E-state index is -4.69. The molecule has 2 aromatic carbocycles. The molecule has 122 valence electrons. The Balaban J connectivity index is 1.83. The van der Waals surface area contributed by atoms with E-state index >= 15 is 0 Å². The Hall–Kier alpha value is -1.92. The first kappa shape index (κ1) is 16.0. The van der Waals surface area contributed by atoms with E-state index in [1.165, 1.54) is 6.07 Å². The van der Waals surface area contributed by atoms with Gasteiger partial charge in [-0.25, -0.2) is 4.39 Å². The molecule has 0 bridgehead atoms. The number of rotatable bonds is 2. The molecule has 0 N–H and O–H groups in total. The van der Waals surface area contributed by atoms with Crippen LogP contribution in [0.4, 0.5) is 17.6 Å². The Morgan fingerprint density at radius 1 is 0.870 bits per heavy atom. The van der Waals surface area contributed by atoms with Gasteiger partial charge in [0, 0.05) is 5.56 Å². The van der Waals surface area contributed by atoms with Crippen molar-refractivity contribution in [2.24, 2.45) is 0 Å². The average Bonchev–Trinajstić information content (AvgIpc) is 2.54. The SMILES string of the molecule is Fc1cc(-c2ccc(C3OCCCO3)cc2)ccc1C(F)(F)F. The highest BCUT2D eigenvalue weighted by molar-refractivity contribution is 5.64. The molecule has 6 heteroatoms. The topological polar surface area (TPSA) is 18.5 Å². The Labute approximate surface area is 130 Å². The van der Waals surface area contributed by atoms with E-state index in [1.54, 1.807) is 24.3 Å². The molecule has 1 fully saturated rings. The molecule has 2 nitrogen and oxygen atoms in total. The molecule has 1 heterocycles. The molecule has 3 rings (SSSR count). The van der Waals surface area contributed by atoms with Gasteiger partial charge in [-0.05, 0) is 29.7 Å². The number of ether oxygens (including phenoxy) is 2. The Bertz CT molecular complexity index is 674. The van der Waals surface area contributed by atoms with Gasteiger partial charge in [0.15, 0.2) is 6.29 Å². The summed E-state index contributed by atoms with van der Waals surface area (Å²) in [5.41, 5.74) is 0.562. The predicted octanol–water partition coefficient (Wildman–Crippen LogP) is 4.95. The zero-order valence-electron chi connectivity index (χ0n) is 12.1. The standard InChI is InChI=1S/C17H14F4O2/c18-15-10-13(6-7-14(15)17(19,20)21)11-2-4-12(5-3-11)16-22-8-1-9-23-16/h2-7,10,16H,1,8-9H2. The largest absolute Gasteiger partial charge is 0.419 e. The Kier molecular flexibility index (Phi) is 4.37. The van der Waals surface area contributed by atoms with Crippen LogP contribution in [-0.4, -0.2) is 13.2 Å². The molecule has 0 saturated carbocycles. The van der Waals surface area contributed by atoms with Crippen LogP contribution in [0, 0.1) is 5.82 Å². The summed E-state index contributed by atoms with van der Waals surface area (Å²) in [6.45, 7) is 1.24. The predicted molar refractivity (Wildman–Crippen MR) is 76.1 cm³/mol. The number of alkyl halides is 3. The van der Waals surface area contributed by atoms with Crippen molar-refractivity contribution in [2.45, 2.75) is 18.9 Å². The quantitative estimate of drug-likeness (QED) is 0.727. The zero-order valence-corrected chi connectivity index (χ0v) is 12.1. The van der Waals surface area contributed by atoms with Gasteiger partial charge in [-0.3, -0.25) is 0 Å². The van der Waals surface area contributed by atoms with Crippen molar-refractivity contribution in [3.05, 3.63) is 59.4 Å². The molecule has 2 aromatic rings. The van der Waals surface area contributed by atoms with Crippen LogP contribution in [-0.2, 0) is 15.7 Å². The van der Waals surface area contributed by atoms with Crippen molar-refractivity contribution in [2.75, 3.05) is 13.2 Å². The Morgan fingerprint density at radius 3 is 2.04 bits per heavy atom. The lowest BCUT2D eigenvalue weighted by Gasteiger charge is -2.23. The summed E-state index contributed by atoms with van der Waals surface area (Å²) in [5.74, 6) is -1.28. The number of hydrogen-bond donors (Lipinski definition) is 0. The van der Waals surface area contributed by atoms with Crippen molar-refractivity contribution >= 4 is 0 Å². The molecule has 1 aliphatic heterocycles. The Morgan fingerprint density at radius 2 is 1.48 bits per heavy atom. The van der Waals surface area contributed by atoms with E-state index in [0.717, 1.165) is 24.1 Å². The minimum absolute atomic E-state index is 0.382. The van der Waals surface area contributed by atoms with Crippen molar-refractivity contribution in [3.8, 4) is 11.1 Å². The minimum Gasteiger partial charge on any atom is -0.348 e. The van der Waals surface area contributed by atoms with Crippen molar-refractivity contribution in [1.29, 1.82) is 0 Å². The molecular formula is C17H14F4O2. The summed E-state index contributed by atoms with van der Waals surface area (Å²) in [5, 5.41) is 0. The number of halogens is 4. The summed E-state index contributed by atoms with van der Waals surface area (Å²) in [7, 11) is 0. The highest BCUT2D eigenvalue weighted by Gasteiger charge is 2.33. The van der Waals surface area contributed by atoms with Gasteiger partial charge in [0.05, 0.1) is 18.8 Å². The van der Waals surface area contributed by atoms with E-state index in [2.05, 4.69) is 0 Å². The molecule has 0 unspecified atom stereocenters. The second kappa shape index (κ2) is 6.29. The fourth-order valence-corrected chi connectivity index (χ4v) is 2.44. The molecule has 0 aliphatic carbocycles. The third-order valence-electron chi connectivity index (χ3n) is 3.62. The normalized spacial score (nSPS) is 16.5. The second-order valence-corrected chi connectivity index (χ2v) is 5.24. The highest BCUT2D eigenvalue weighted by Crippen LogP contribution is 2.34. The zero-order chi connectivity index (χ0) is 16.4. The fraction of sp³-hybridized carbons (Fsp3) is 0.294. The van der Waals surface area contributed by atoms with Crippen molar-refractivity contribution in [3.63, 3.8) is 0 Å². The highest BCUT2D eigenvalue weighted by atomic mass is 19.4. The van der Waals surface area contributed by atoms with Crippen LogP contribution in [0.25, 0.3) is 11.1 Å². The van der Waals surface area contributed by atoms with Gasteiger partial charge in [0.25, 0.3) is 0 Å². The van der Waals surface area contributed by atoms with Gasteiger partial charge < -0.3 is 9.47 Å². The number of benzene rings is 2. The van der Waals surface area contributed by atoms with Gasteiger partial charge in [0.1, 0.15) is 5.82 Å². The lowest BCUT2D eigenvalue weighted by atomic mass is 10.0. The van der Waals surface area contributed by atoms with Crippen LogP contribution in [0.3, 0.4) is 0 Å². The summed E-state index contributed by atoms with van der Waals surface area (Å²) in [6.07, 6.45) is -4.27. The van der Waals surface area contributed by atoms with Gasteiger partial charge in [-0.15, -0.1) is 0 Å². The van der Waals surface area contributed by atoms with Crippen LogP contribution in [0.15, 0.2) is 42.5 Å². The maximum absolute atomic E-state index is 13.6. The van der Waals surface area contributed by atoms with Crippen molar-refractivity contribution in [1.82, 2.24) is 0 Å². The molecule has 0 aromatic heterocycles. The van der Waals surface area contributed by atoms with Gasteiger partial charge in [0.2, 0.25) is 0 Å². The van der Waals surface area contributed by atoms with E-state index < -0.39 is 23.8 Å². The van der Waals surface area contributed by atoms with E-state index in [9.17, 15) is 17.6 Å². The van der Waals surface area contributed by atoms with Crippen LogP contribution in [0.2, 0.25) is 0 Å². The lowest BCUT2D eigenvalue weighted by Crippen LogP contribution is -2.17. The molecule has 0 atom stereocenters.